The van der Waals surface area contributed by atoms with Gasteiger partial charge in [-0.25, -0.2) is 4.39 Å². The molecule has 2 nitrogen and oxygen atoms in total. The van der Waals surface area contributed by atoms with Crippen molar-refractivity contribution < 1.29 is 9.13 Å². The zero-order valence-corrected chi connectivity index (χ0v) is 14.6. The van der Waals surface area contributed by atoms with E-state index in [1.54, 1.807) is 12.1 Å². The first kappa shape index (κ1) is 17.2. The Labute approximate surface area is 139 Å². The molecule has 0 aliphatic heterocycles. The van der Waals surface area contributed by atoms with Crippen molar-refractivity contribution in [2.45, 2.75) is 57.1 Å². The van der Waals surface area contributed by atoms with Crippen LogP contribution in [0.5, 0.6) is 0 Å². The Morgan fingerprint density at radius 1 is 1.33 bits per heavy atom. The molecular formula is C16H22BrClFNO. The van der Waals surface area contributed by atoms with Crippen LogP contribution in [0.1, 0.15) is 57.1 Å². The van der Waals surface area contributed by atoms with Gasteiger partial charge in [0.25, 0.3) is 0 Å². The second-order valence-corrected chi connectivity index (χ2v) is 6.89. The summed E-state index contributed by atoms with van der Waals surface area (Å²) in [6.45, 7) is 2.55. The highest BCUT2D eigenvalue weighted by molar-refractivity contribution is 9.10. The van der Waals surface area contributed by atoms with Crippen LogP contribution in [-0.2, 0) is 4.74 Å². The molecule has 1 aromatic carbocycles. The minimum absolute atomic E-state index is 0.0863. The summed E-state index contributed by atoms with van der Waals surface area (Å²) in [7, 11) is 0. The molecule has 1 saturated carbocycles. The minimum atomic E-state index is -0.499. The van der Waals surface area contributed by atoms with Gasteiger partial charge in [-0.3, -0.25) is 0 Å². The molecule has 1 atom stereocenters. The normalized spacial score (nSPS) is 20.0. The summed E-state index contributed by atoms with van der Waals surface area (Å²) in [6.07, 6.45) is 6.25. The minimum Gasteiger partial charge on any atom is -0.373 e. The molecule has 5 heteroatoms. The maximum absolute atomic E-state index is 14.5. The smallest absolute Gasteiger partial charge is 0.147 e. The molecule has 0 bridgehead atoms. The van der Waals surface area contributed by atoms with Gasteiger partial charge in [0.2, 0.25) is 0 Å². The van der Waals surface area contributed by atoms with Crippen molar-refractivity contribution in [1.29, 1.82) is 0 Å². The lowest BCUT2D eigenvalue weighted by atomic mass is 9.82. The Balaban J connectivity index is 2.38. The molecule has 2 rings (SSSR count). The SMILES string of the molecule is CCOC1(C(N)c2ccc(Br)c(Cl)c2F)CCCCCC1. The first-order valence-electron chi connectivity index (χ1n) is 7.55. The van der Waals surface area contributed by atoms with Crippen molar-refractivity contribution in [2.24, 2.45) is 5.73 Å². The third-order valence-electron chi connectivity index (χ3n) is 4.35. The fourth-order valence-electron chi connectivity index (χ4n) is 3.22. The van der Waals surface area contributed by atoms with Gasteiger partial charge in [0.15, 0.2) is 0 Å². The third kappa shape index (κ3) is 3.61. The monoisotopic (exact) mass is 377 g/mol. The number of rotatable bonds is 4. The number of hydrogen-bond donors (Lipinski definition) is 1. The predicted octanol–water partition coefficient (Wildman–Crippen LogP) is 5.37. The maximum atomic E-state index is 14.5. The van der Waals surface area contributed by atoms with Crippen molar-refractivity contribution in [1.82, 2.24) is 0 Å². The summed E-state index contributed by atoms with van der Waals surface area (Å²) in [5, 5.41) is 0.0863. The van der Waals surface area contributed by atoms with Crippen LogP contribution in [0, 0.1) is 5.82 Å². The van der Waals surface area contributed by atoms with E-state index < -0.39 is 17.5 Å². The van der Waals surface area contributed by atoms with Gasteiger partial charge >= 0.3 is 0 Å². The van der Waals surface area contributed by atoms with Crippen LogP contribution in [0.25, 0.3) is 0 Å². The van der Waals surface area contributed by atoms with Gasteiger partial charge in [0.05, 0.1) is 16.7 Å². The van der Waals surface area contributed by atoms with Gasteiger partial charge < -0.3 is 10.5 Å². The standard InChI is InChI=1S/C16H22BrClFNO/c1-2-21-16(9-5-3-4-6-10-16)15(20)11-7-8-12(17)13(18)14(11)19/h7-8,15H,2-6,9-10,20H2,1H3. The summed E-state index contributed by atoms with van der Waals surface area (Å²) < 4.78 is 21.1. The second-order valence-electron chi connectivity index (χ2n) is 5.65. The summed E-state index contributed by atoms with van der Waals surface area (Å²) in [5.41, 5.74) is 6.40. The molecule has 1 fully saturated rings. The van der Waals surface area contributed by atoms with Gasteiger partial charge in [-0.15, -0.1) is 0 Å². The Morgan fingerprint density at radius 2 is 1.95 bits per heavy atom. The molecule has 21 heavy (non-hydrogen) atoms. The lowest BCUT2D eigenvalue weighted by Crippen LogP contribution is -2.44. The Bertz CT molecular complexity index is 489. The molecule has 1 aliphatic carbocycles. The van der Waals surface area contributed by atoms with Crippen LogP contribution >= 0.6 is 27.5 Å². The first-order chi connectivity index (χ1) is 10.0. The van der Waals surface area contributed by atoms with E-state index >= 15 is 0 Å². The molecule has 1 aromatic rings. The Morgan fingerprint density at radius 3 is 2.52 bits per heavy atom. The quantitative estimate of drug-likeness (QED) is 0.564. The molecule has 1 aliphatic rings. The number of halogens is 3. The molecule has 2 N–H and O–H groups in total. The number of nitrogens with two attached hydrogens (primary N) is 1. The molecule has 0 radical (unpaired) electrons. The fraction of sp³-hybridized carbons (Fsp3) is 0.625. The van der Waals surface area contributed by atoms with Crippen molar-refractivity contribution in [3.8, 4) is 0 Å². The molecule has 0 aromatic heterocycles. The van der Waals surface area contributed by atoms with Crippen LogP contribution in [0.15, 0.2) is 16.6 Å². The molecular weight excluding hydrogens is 357 g/mol. The number of ether oxygens (including phenoxy) is 1. The Kier molecular flexibility index (Phi) is 6.06. The van der Waals surface area contributed by atoms with Crippen molar-refractivity contribution in [3.63, 3.8) is 0 Å². The third-order valence-corrected chi connectivity index (χ3v) is 5.61. The molecule has 0 saturated heterocycles. The van der Waals surface area contributed by atoms with Gasteiger partial charge in [0, 0.05) is 16.6 Å². The van der Waals surface area contributed by atoms with Crippen molar-refractivity contribution in [2.75, 3.05) is 6.61 Å². The highest BCUT2D eigenvalue weighted by Gasteiger charge is 2.40. The first-order valence-corrected chi connectivity index (χ1v) is 8.72. The maximum Gasteiger partial charge on any atom is 0.147 e. The molecule has 1 unspecified atom stereocenters. The largest absolute Gasteiger partial charge is 0.373 e. The van der Waals surface area contributed by atoms with Gasteiger partial charge in [0.1, 0.15) is 5.82 Å². The van der Waals surface area contributed by atoms with Crippen LogP contribution in [-0.4, -0.2) is 12.2 Å². The summed E-state index contributed by atoms with van der Waals surface area (Å²) in [4.78, 5) is 0. The van der Waals surface area contributed by atoms with Crippen molar-refractivity contribution in [3.05, 3.63) is 33.0 Å². The van der Waals surface area contributed by atoms with Gasteiger partial charge in [-0.1, -0.05) is 43.4 Å². The van der Waals surface area contributed by atoms with Gasteiger partial charge in [-0.2, -0.15) is 0 Å². The average molecular weight is 379 g/mol. The zero-order chi connectivity index (χ0) is 15.5. The lowest BCUT2D eigenvalue weighted by Gasteiger charge is -2.38. The van der Waals surface area contributed by atoms with E-state index in [1.165, 1.54) is 12.8 Å². The number of hydrogen-bond acceptors (Lipinski definition) is 2. The summed E-state index contributed by atoms with van der Waals surface area (Å²) in [5.74, 6) is -0.443. The van der Waals surface area contributed by atoms with E-state index in [0.29, 0.717) is 16.6 Å². The lowest BCUT2D eigenvalue weighted by molar-refractivity contribution is -0.0702. The van der Waals surface area contributed by atoms with E-state index in [2.05, 4.69) is 15.9 Å². The Hall–Kier alpha value is -0.160. The van der Waals surface area contributed by atoms with E-state index in [1.807, 2.05) is 6.92 Å². The molecule has 118 valence electrons. The fourth-order valence-corrected chi connectivity index (χ4v) is 3.70. The van der Waals surface area contributed by atoms with Crippen LogP contribution in [0.4, 0.5) is 4.39 Å². The van der Waals surface area contributed by atoms with Crippen LogP contribution in [0.2, 0.25) is 5.02 Å². The van der Waals surface area contributed by atoms with Crippen LogP contribution in [0.3, 0.4) is 0 Å². The second kappa shape index (κ2) is 7.40. The predicted molar refractivity (Wildman–Crippen MR) is 88.1 cm³/mol. The van der Waals surface area contributed by atoms with Crippen molar-refractivity contribution >= 4 is 27.5 Å². The zero-order valence-electron chi connectivity index (χ0n) is 12.3. The molecule has 0 heterocycles. The molecule has 0 amide bonds. The van der Waals surface area contributed by atoms with E-state index in [-0.39, 0.29) is 5.02 Å². The topological polar surface area (TPSA) is 35.2 Å². The van der Waals surface area contributed by atoms with Crippen LogP contribution < -0.4 is 5.73 Å². The van der Waals surface area contributed by atoms with Gasteiger partial charge in [-0.05, 0) is 41.8 Å². The van der Waals surface area contributed by atoms with E-state index in [0.717, 1.165) is 25.7 Å². The van der Waals surface area contributed by atoms with E-state index in [9.17, 15) is 4.39 Å². The number of benzene rings is 1. The summed E-state index contributed by atoms with van der Waals surface area (Å²) in [6, 6.07) is 2.96. The summed E-state index contributed by atoms with van der Waals surface area (Å²) >= 11 is 9.24. The average Bonchev–Trinajstić information content (AvgIpc) is 2.71. The molecule has 0 spiro atoms. The highest BCUT2D eigenvalue weighted by Crippen LogP contribution is 2.41. The highest BCUT2D eigenvalue weighted by atomic mass is 79.9. The van der Waals surface area contributed by atoms with E-state index in [4.69, 9.17) is 22.1 Å².